The third-order valence-corrected chi connectivity index (χ3v) is 7.12. The molecule has 0 aromatic heterocycles. The van der Waals surface area contributed by atoms with E-state index >= 15 is 0 Å². The molecule has 0 saturated heterocycles. The average Bonchev–Trinajstić information content (AvgIpc) is 3.37. The molecule has 7 nitrogen and oxygen atoms in total. The van der Waals surface area contributed by atoms with E-state index in [0.717, 1.165) is 5.56 Å². The fourth-order valence-corrected chi connectivity index (χ4v) is 5.63. The highest BCUT2D eigenvalue weighted by atomic mass is 19.1. The highest BCUT2D eigenvalue weighted by Gasteiger charge is 2.63. The molecule has 1 unspecified atom stereocenters. The summed E-state index contributed by atoms with van der Waals surface area (Å²) >= 11 is 0. The Morgan fingerprint density at radius 2 is 1.86 bits per heavy atom. The van der Waals surface area contributed by atoms with Gasteiger partial charge >= 0.3 is 5.97 Å². The molecular weight excluding hydrogens is 471 g/mol. The summed E-state index contributed by atoms with van der Waals surface area (Å²) in [6.07, 6.45) is 0. The van der Waals surface area contributed by atoms with Crippen LogP contribution in [0.25, 0.3) is 0 Å². The van der Waals surface area contributed by atoms with Crippen LogP contribution in [0.5, 0.6) is 0 Å². The maximum atomic E-state index is 14.5. The molecule has 0 bridgehead atoms. The number of nitrogens with zero attached hydrogens (tertiary/aromatic N) is 3. The molecule has 2 N–H and O–H groups in total. The Kier molecular flexibility index (Phi) is 4.92. The molecule has 182 valence electrons. The van der Waals surface area contributed by atoms with Gasteiger partial charge in [-0.2, -0.15) is 5.26 Å². The highest BCUT2D eigenvalue weighted by molar-refractivity contribution is 6.19. The summed E-state index contributed by atoms with van der Waals surface area (Å²) in [5.41, 5.74) is 8.51. The number of anilines is 2. The zero-order chi connectivity index (χ0) is 25.9. The predicted molar refractivity (Wildman–Crippen MR) is 134 cm³/mol. The van der Waals surface area contributed by atoms with Crippen LogP contribution in [0, 0.1) is 24.1 Å². The van der Waals surface area contributed by atoms with Crippen molar-refractivity contribution < 1.29 is 18.7 Å². The van der Waals surface area contributed by atoms with Crippen molar-refractivity contribution in [3.8, 4) is 6.07 Å². The summed E-state index contributed by atoms with van der Waals surface area (Å²) in [6.45, 7) is 1.88. The number of nitrogens with two attached hydrogens (primary N) is 1. The van der Waals surface area contributed by atoms with Crippen molar-refractivity contribution in [3.05, 3.63) is 118 Å². The first-order chi connectivity index (χ1) is 17.9. The van der Waals surface area contributed by atoms with Gasteiger partial charge in [0, 0.05) is 16.9 Å². The lowest BCUT2D eigenvalue weighted by Crippen LogP contribution is -2.50. The molecule has 3 aromatic carbocycles. The average molecular weight is 493 g/mol. The highest BCUT2D eigenvalue weighted by Crippen LogP contribution is 2.56. The number of rotatable bonds is 3. The van der Waals surface area contributed by atoms with Crippen molar-refractivity contribution in [2.24, 2.45) is 5.73 Å². The van der Waals surface area contributed by atoms with Gasteiger partial charge in [-0.25, -0.2) is 9.18 Å². The third-order valence-electron chi connectivity index (χ3n) is 7.12. The number of carbonyl (C=O) groups excluding carboxylic acids is 2. The number of nitriles is 1. The molecule has 37 heavy (non-hydrogen) atoms. The summed E-state index contributed by atoms with van der Waals surface area (Å²) in [4.78, 5) is 30.9. The Hall–Kier alpha value is -4.90. The van der Waals surface area contributed by atoms with Gasteiger partial charge in [0.25, 0.3) is 0 Å². The molecule has 8 heteroatoms. The van der Waals surface area contributed by atoms with E-state index in [1.165, 1.54) is 17.0 Å². The quantitative estimate of drug-likeness (QED) is 0.556. The molecular formula is C29H21FN4O3. The molecule has 3 heterocycles. The SMILES string of the molecule is Cc1cccc(N2C(N)=C(C#N)C3(C(=O)N(Cc4cccc(F)c4)c4ccccc43)C3=C2COC3=O)c1. The first-order valence-corrected chi connectivity index (χ1v) is 11.7. The van der Waals surface area contributed by atoms with E-state index in [-0.39, 0.29) is 30.1 Å². The first-order valence-electron chi connectivity index (χ1n) is 11.7. The summed E-state index contributed by atoms with van der Waals surface area (Å²) in [5.74, 6) is -1.55. The Balaban J connectivity index is 1.61. The Bertz CT molecular complexity index is 1620. The zero-order valence-corrected chi connectivity index (χ0v) is 19.9. The number of aryl methyl sites for hydroxylation is 1. The van der Waals surface area contributed by atoms with Gasteiger partial charge in [0.2, 0.25) is 5.91 Å². The number of esters is 1. The van der Waals surface area contributed by atoms with Crippen molar-refractivity contribution in [1.82, 2.24) is 0 Å². The summed E-state index contributed by atoms with van der Waals surface area (Å²) in [5, 5.41) is 10.5. The number of ether oxygens (including phenoxy) is 1. The molecule has 3 aliphatic rings. The Morgan fingerprint density at radius 3 is 2.62 bits per heavy atom. The van der Waals surface area contributed by atoms with E-state index in [0.29, 0.717) is 28.2 Å². The normalized spacial score (nSPS) is 20.4. The minimum absolute atomic E-state index is 0.0488. The molecule has 1 spiro atoms. The zero-order valence-electron chi connectivity index (χ0n) is 19.9. The predicted octanol–water partition coefficient (Wildman–Crippen LogP) is 3.94. The number of hydrogen-bond donors (Lipinski definition) is 1. The molecule has 0 fully saturated rings. The number of carbonyl (C=O) groups is 2. The minimum atomic E-state index is -1.77. The van der Waals surface area contributed by atoms with E-state index < -0.39 is 23.1 Å². The van der Waals surface area contributed by atoms with Gasteiger partial charge in [0.15, 0.2) is 0 Å². The lowest BCUT2D eigenvalue weighted by molar-refractivity contribution is -0.137. The number of halogens is 1. The minimum Gasteiger partial charge on any atom is -0.456 e. The van der Waals surface area contributed by atoms with Gasteiger partial charge in [-0.1, -0.05) is 42.5 Å². The van der Waals surface area contributed by atoms with Gasteiger partial charge in [0.05, 0.1) is 23.4 Å². The van der Waals surface area contributed by atoms with Crippen molar-refractivity contribution >= 4 is 23.3 Å². The van der Waals surface area contributed by atoms with Crippen LogP contribution >= 0.6 is 0 Å². The van der Waals surface area contributed by atoms with Crippen molar-refractivity contribution in [2.75, 3.05) is 16.4 Å². The first kappa shape index (κ1) is 22.6. The van der Waals surface area contributed by atoms with Gasteiger partial charge in [-0.05, 0) is 48.4 Å². The van der Waals surface area contributed by atoms with Gasteiger partial charge in [-0.15, -0.1) is 0 Å². The molecule has 6 rings (SSSR count). The van der Waals surface area contributed by atoms with E-state index in [1.807, 2.05) is 31.2 Å². The fourth-order valence-electron chi connectivity index (χ4n) is 5.63. The van der Waals surface area contributed by atoms with Crippen LogP contribution in [0.3, 0.4) is 0 Å². The number of cyclic esters (lactones) is 1. The number of para-hydroxylation sites is 1. The second-order valence-corrected chi connectivity index (χ2v) is 9.23. The number of amides is 1. The van der Waals surface area contributed by atoms with E-state index in [1.54, 1.807) is 41.3 Å². The van der Waals surface area contributed by atoms with Gasteiger partial charge in [0.1, 0.15) is 29.7 Å². The molecule has 1 amide bonds. The number of benzene rings is 3. The second kappa shape index (κ2) is 8.07. The Labute approximate surface area is 212 Å². The smallest absolute Gasteiger partial charge is 0.338 e. The van der Waals surface area contributed by atoms with Crippen molar-refractivity contribution in [2.45, 2.75) is 18.9 Å². The molecule has 1 atom stereocenters. The number of fused-ring (bicyclic) bond motifs is 3. The van der Waals surface area contributed by atoms with Crippen LogP contribution in [0.2, 0.25) is 0 Å². The van der Waals surface area contributed by atoms with E-state index in [2.05, 4.69) is 6.07 Å². The molecule has 3 aromatic rings. The lowest BCUT2D eigenvalue weighted by Gasteiger charge is -2.38. The van der Waals surface area contributed by atoms with Gasteiger partial charge < -0.3 is 15.4 Å². The van der Waals surface area contributed by atoms with Crippen LogP contribution in [-0.2, 0) is 26.3 Å². The molecule has 0 saturated carbocycles. The summed E-state index contributed by atoms with van der Waals surface area (Å²) in [7, 11) is 0. The van der Waals surface area contributed by atoms with Crippen molar-refractivity contribution in [1.29, 1.82) is 5.26 Å². The van der Waals surface area contributed by atoms with Crippen LogP contribution in [0.15, 0.2) is 95.5 Å². The lowest BCUT2D eigenvalue weighted by atomic mass is 9.67. The van der Waals surface area contributed by atoms with Crippen LogP contribution < -0.4 is 15.5 Å². The standard InChI is InChI=1S/C29H21FN4O3/c1-17-6-4-9-20(12-17)34-24-16-37-27(35)25(24)29(22(14-31)26(34)32)21-10-2-3-11-23(21)33(28(29)36)15-18-7-5-8-19(30)13-18/h2-13H,15-16,32H2,1H3. The summed E-state index contributed by atoms with van der Waals surface area (Å²) < 4.78 is 19.4. The Morgan fingerprint density at radius 1 is 1.08 bits per heavy atom. The molecule has 0 radical (unpaired) electrons. The molecule has 0 aliphatic carbocycles. The third kappa shape index (κ3) is 3.04. The molecule has 3 aliphatic heterocycles. The number of hydrogen-bond acceptors (Lipinski definition) is 6. The summed E-state index contributed by atoms with van der Waals surface area (Å²) in [6, 6.07) is 22.6. The fraction of sp³-hybridized carbons (Fsp3) is 0.138. The van der Waals surface area contributed by atoms with Crippen LogP contribution in [0.1, 0.15) is 16.7 Å². The van der Waals surface area contributed by atoms with E-state index in [9.17, 15) is 19.2 Å². The van der Waals surface area contributed by atoms with Crippen molar-refractivity contribution in [3.63, 3.8) is 0 Å². The topological polar surface area (TPSA) is 99.7 Å². The maximum absolute atomic E-state index is 14.5. The van der Waals surface area contributed by atoms with Gasteiger partial charge in [-0.3, -0.25) is 9.69 Å². The second-order valence-electron chi connectivity index (χ2n) is 9.23. The van der Waals surface area contributed by atoms with Crippen LogP contribution in [0.4, 0.5) is 15.8 Å². The maximum Gasteiger partial charge on any atom is 0.338 e. The van der Waals surface area contributed by atoms with Crippen LogP contribution in [-0.4, -0.2) is 18.5 Å². The largest absolute Gasteiger partial charge is 0.456 e. The monoisotopic (exact) mass is 492 g/mol. The van der Waals surface area contributed by atoms with E-state index in [4.69, 9.17) is 10.5 Å².